The third-order valence-electron chi connectivity index (χ3n) is 3.77. The number of ether oxygens (including phenoxy) is 1. The summed E-state index contributed by atoms with van der Waals surface area (Å²) in [5.41, 5.74) is 6.49. The maximum Gasteiger partial charge on any atom is 0.410 e. The summed E-state index contributed by atoms with van der Waals surface area (Å²) in [5.74, 6) is 0.538. The van der Waals surface area contributed by atoms with Gasteiger partial charge in [-0.1, -0.05) is 6.07 Å². The second-order valence-corrected chi connectivity index (χ2v) is 6.57. The molecule has 2 heterocycles. The molecule has 2 N–H and O–H groups in total. The van der Waals surface area contributed by atoms with Crippen molar-refractivity contribution in [2.75, 3.05) is 19.6 Å². The predicted octanol–water partition coefficient (Wildman–Crippen LogP) is 2.38. The monoisotopic (exact) mass is 291 g/mol. The van der Waals surface area contributed by atoms with Crippen molar-refractivity contribution in [2.45, 2.75) is 38.7 Å². The van der Waals surface area contributed by atoms with Gasteiger partial charge in [-0.25, -0.2) is 4.79 Å². The Bertz CT molecular complexity index is 470. The molecule has 1 aromatic heterocycles. The van der Waals surface area contributed by atoms with Crippen LogP contribution in [0, 0.1) is 5.92 Å². The Morgan fingerprint density at radius 1 is 1.52 bits per heavy atom. The quantitative estimate of drug-likeness (QED) is 0.928. The summed E-state index contributed by atoms with van der Waals surface area (Å²) < 4.78 is 5.43. The largest absolute Gasteiger partial charge is 0.444 e. The molecule has 1 fully saturated rings. The van der Waals surface area contributed by atoms with E-state index in [-0.39, 0.29) is 12.0 Å². The standard InChI is InChI=1S/C16H25N3O2/c1-16(2,3)21-15(20)19-9-7-12(11-19)13(10-17)14-6-4-5-8-18-14/h4-6,8,12-13H,7,9-11,17H2,1-3H3. The SMILES string of the molecule is CC(C)(C)OC(=O)N1CCC(C(CN)c2ccccn2)C1. The lowest BCUT2D eigenvalue weighted by molar-refractivity contribution is 0.0286. The summed E-state index contributed by atoms with van der Waals surface area (Å²) in [6.45, 7) is 7.61. The zero-order valence-electron chi connectivity index (χ0n) is 13.1. The summed E-state index contributed by atoms with van der Waals surface area (Å²) >= 11 is 0. The first-order chi connectivity index (χ1) is 9.90. The fourth-order valence-electron chi connectivity index (χ4n) is 2.76. The predicted molar refractivity (Wildman–Crippen MR) is 81.9 cm³/mol. The summed E-state index contributed by atoms with van der Waals surface area (Å²) in [5, 5.41) is 0. The van der Waals surface area contributed by atoms with Crippen LogP contribution in [-0.4, -0.2) is 41.2 Å². The lowest BCUT2D eigenvalue weighted by Gasteiger charge is -2.25. The van der Waals surface area contributed by atoms with Crippen molar-refractivity contribution in [3.05, 3.63) is 30.1 Å². The maximum absolute atomic E-state index is 12.1. The Morgan fingerprint density at radius 2 is 2.29 bits per heavy atom. The normalized spacial score (nSPS) is 20.4. The Morgan fingerprint density at radius 3 is 2.86 bits per heavy atom. The molecule has 1 amide bonds. The van der Waals surface area contributed by atoms with Gasteiger partial charge in [0.05, 0.1) is 0 Å². The van der Waals surface area contributed by atoms with E-state index in [1.54, 1.807) is 11.1 Å². The van der Waals surface area contributed by atoms with E-state index in [9.17, 15) is 4.79 Å². The van der Waals surface area contributed by atoms with Gasteiger partial charge in [0.1, 0.15) is 5.60 Å². The molecular formula is C16H25N3O2. The minimum Gasteiger partial charge on any atom is -0.444 e. The van der Waals surface area contributed by atoms with Crippen LogP contribution in [-0.2, 0) is 4.74 Å². The molecule has 0 spiro atoms. The fraction of sp³-hybridized carbons (Fsp3) is 0.625. The highest BCUT2D eigenvalue weighted by atomic mass is 16.6. The van der Waals surface area contributed by atoms with Crippen molar-refractivity contribution in [3.63, 3.8) is 0 Å². The summed E-state index contributed by atoms with van der Waals surface area (Å²) in [6.07, 6.45) is 2.50. The van der Waals surface area contributed by atoms with Crippen molar-refractivity contribution in [1.29, 1.82) is 0 Å². The molecule has 1 aromatic rings. The second kappa shape index (κ2) is 6.43. The molecule has 0 aromatic carbocycles. The first-order valence-corrected chi connectivity index (χ1v) is 7.49. The second-order valence-electron chi connectivity index (χ2n) is 6.57. The van der Waals surface area contributed by atoms with E-state index in [0.29, 0.717) is 19.0 Å². The minimum atomic E-state index is -0.455. The Hall–Kier alpha value is -1.62. The molecule has 0 bridgehead atoms. The van der Waals surface area contributed by atoms with Crippen molar-refractivity contribution in [3.8, 4) is 0 Å². The van der Waals surface area contributed by atoms with Crippen LogP contribution < -0.4 is 5.73 Å². The molecule has 1 saturated heterocycles. The highest BCUT2D eigenvalue weighted by Gasteiger charge is 2.34. The molecule has 2 rings (SSSR count). The number of hydrogen-bond acceptors (Lipinski definition) is 4. The van der Waals surface area contributed by atoms with Crippen LogP contribution in [0.1, 0.15) is 38.8 Å². The lowest BCUT2D eigenvalue weighted by atomic mass is 9.88. The van der Waals surface area contributed by atoms with Gasteiger partial charge in [-0.05, 0) is 45.2 Å². The van der Waals surface area contributed by atoms with E-state index in [2.05, 4.69) is 4.98 Å². The van der Waals surface area contributed by atoms with Gasteiger partial charge < -0.3 is 15.4 Å². The van der Waals surface area contributed by atoms with Crippen molar-refractivity contribution in [1.82, 2.24) is 9.88 Å². The average molecular weight is 291 g/mol. The number of aromatic nitrogens is 1. The summed E-state index contributed by atoms with van der Waals surface area (Å²) in [6, 6.07) is 5.89. The molecular weight excluding hydrogens is 266 g/mol. The highest BCUT2D eigenvalue weighted by Crippen LogP contribution is 2.31. The lowest BCUT2D eigenvalue weighted by Crippen LogP contribution is -2.36. The molecule has 2 unspecified atom stereocenters. The van der Waals surface area contributed by atoms with Gasteiger partial charge in [0.25, 0.3) is 0 Å². The van der Waals surface area contributed by atoms with Crippen LogP contribution in [0.2, 0.25) is 0 Å². The van der Waals surface area contributed by atoms with E-state index >= 15 is 0 Å². The zero-order chi connectivity index (χ0) is 15.5. The molecule has 0 saturated carbocycles. The molecule has 21 heavy (non-hydrogen) atoms. The number of nitrogens with two attached hydrogens (primary N) is 1. The van der Waals surface area contributed by atoms with Gasteiger partial charge in [0.2, 0.25) is 0 Å². The molecule has 0 radical (unpaired) electrons. The van der Waals surface area contributed by atoms with E-state index in [0.717, 1.165) is 18.7 Å². The number of amides is 1. The molecule has 0 aliphatic carbocycles. The first-order valence-electron chi connectivity index (χ1n) is 7.49. The number of nitrogens with zero attached hydrogens (tertiary/aromatic N) is 2. The van der Waals surface area contributed by atoms with Crippen LogP contribution in [0.25, 0.3) is 0 Å². The smallest absolute Gasteiger partial charge is 0.410 e. The molecule has 2 atom stereocenters. The fourth-order valence-corrected chi connectivity index (χ4v) is 2.76. The van der Waals surface area contributed by atoms with E-state index in [4.69, 9.17) is 10.5 Å². The van der Waals surface area contributed by atoms with Crippen molar-refractivity contribution >= 4 is 6.09 Å². The van der Waals surface area contributed by atoms with Crippen molar-refractivity contribution in [2.24, 2.45) is 11.7 Å². The van der Waals surface area contributed by atoms with Gasteiger partial charge in [0.15, 0.2) is 0 Å². The molecule has 5 heteroatoms. The number of hydrogen-bond donors (Lipinski definition) is 1. The molecule has 1 aliphatic rings. The van der Waals surface area contributed by atoms with Gasteiger partial charge in [-0.2, -0.15) is 0 Å². The molecule has 1 aliphatic heterocycles. The average Bonchev–Trinajstić information content (AvgIpc) is 2.89. The van der Waals surface area contributed by atoms with Crippen LogP contribution in [0.3, 0.4) is 0 Å². The van der Waals surface area contributed by atoms with Gasteiger partial charge in [0, 0.05) is 37.4 Å². The van der Waals surface area contributed by atoms with Crippen LogP contribution in [0.5, 0.6) is 0 Å². The van der Waals surface area contributed by atoms with Crippen molar-refractivity contribution < 1.29 is 9.53 Å². The number of pyridine rings is 1. The van der Waals surface area contributed by atoms with Gasteiger partial charge >= 0.3 is 6.09 Å². The number of carbonyl (C=O) groups excluding carboxylic acids is 1. The van der Waals surface area contributed by atoms with Gasteiger partial charge in [-0.15, -0.1) is 0 Å². The van der Waals surface area contributed by atoms with Crippen LogP contribution >= 0.6 is 0 Å². The number of carbonyl (C=O) groups is 1. The zero-order valence-corrected chi connectivity index (χ0v) is 13.1. The number of likely N-dealkylation sites (tertiary alicyclic amines) is 1. The first kappa shape index (κ1) is 15.8. The van der Waals surface area contributed by atoms with E-state index in [1.165, 1.54) is 0 Å². The number of rotatable bonds is 3. The minimum absolute atomic E-state index is 0.193. The third kappa shape index (κ3) is 4.17. The topological polar surface area (TPSA) is 68.5 Å². The summed E-state index contributed by atoms with van der Waals surface area (Å²) in [7, 11) is 0. The van der Waals surface area contributed by atoms with Crippen LogP contribution in [0.15, 0.2) is 24.4 Å². The highest BCUT2D eigenvalue weighted by molar-refractivity contribution is 5.68. The Labute approximate surface area is 126 Å². The third-order valence-corrected chi connectivity index (χ3v) is 3.77. The molecule has 5 nitrogen and oxygen atoms in total. The van der Waals surface area contributed by atoms with Gasteiger partial charge in [-0.3, -0.25) is 4.98 Å². The Balaban J connectivity index is 1.99. The van der Waals surface area contributed by atoms with E-state index < -0.39 is 5.60 Å². The Kier molecular flexibility index (Phi) is 4.83. The molecule has 116 valence electrons. The van der Waals surface area contributed by atoms with Crippen LogP contribution in [0.4, 0.5) is 4.79 Å². The summed E-state index contributed by atoms with van der Waals surface area (Å²) in [4.78, 5) is 18.3. The van der Waals surface area contributed by atoms with E-state index in [1.807, 2.05) is 39.0 Å². The maximum atomic E-state index is 12.1.